The van der Waals surface area contributed by atoms with Crippen molar-refractivity contribution in [2.24, 2.45) is 0 Å². The van der Waals surface area contributed by atoms with Crippen LogP contribution in [0.3, 0.4) is 0 Å². The molecule has 2 heteroatoms. The van der Waals surface area contributed by atoms with E-state index in [9.17, 15) is 0 Å². The predicted octanol–water partition coefficient (Wildman–Crippen LogP) is 17.6. The lowest BCUT2D eigenvalue weighted by atomic mass is 9.64. The monoisotopic (exact) mass is 882 g/mol. The quantitative estimate of drug-likeness (QED) is 0.170. The highest BCUT2D eigenvalue weighted by atomic mass is 15.2. The molecule has 0 saturated carbocycles. The Bertz CT molecular complexity index is 3610. The second-order valence-corrected chi connectivity index (χ2v) is 20.4. The van der Waals surface area contributed by atoms with Crippen molar-refractivity contribution in [1.82, 2.24) is 0 Å². The summed E-state index contributed by atoms with van der Waals surface area (Å²) in [6, 6.07) is 86.8. The van der Waals surface area contributed by atoms with Crippen LogP contribution in [0.4, 0.5) is 34.1 Å². The molecule has 4 aliphatic rings. The fourth-order valence-electron chi connectivity index (χ4n) is 13.1. The van der Waals surface area contributed by atoms with E-state index in [0.717, 1.165) is 22.7 Å². The first-order valence-electron chi connectivity index (χ1n) is 24.4. The van der Waals surface area contributed by atoms with Gasteiger partial charge in [0.05, 0.1) is 22.5 Å². The van der Waals surface area contributed by atoms with Gasteiger partial charge in [0.2, 0.25) is 0 Å². The second-order valence-electron chi connectivity index (χ2n) is 20.4. The number of hydrogen-bond acceptors (Lipinski definition) is 2. The first-order chi connectivity index (χ1) is 33.8. The molecule has 0 aromatic heterocycles. The molecule has 10 aromatic rings. The number of benzene rings is 10. The number of nitrogens with zero attached hydrogens (tertiary/aromatic N) is 2. The van der Waals surface area contributed by atoms with E-state index in [1.165, 1.54) is 100 Å². The van der Waals surface area contributed by atoms with E-state index in [0.29, 0.717) is 0 Å². The lowest BCUT2D eigenvalue weighted by molar-refractivity contribution is 0.660. The van der Waals surface area contributed by atoms with Crippen molar-refractivity contribution in [1.29, 1.82) is 0 Å². The first-order valence-corrected chi connectivity index (χ1v) is 24.4. The van der Waals surface area contributed by atoms with Crippen LogP contribution in [0.5, 0.6) is 0 Å². The van der Waals surface area contributed by atoms with Crippen LogP contribution in [-0.2, 0) is 16.2 Å². The summed E-state index contributed by atoms with van der Waals surface area (Å²) in [7, 11) is 0. The number of para-hydroxylation sites is 4. The van der Waals surface area contributed by atoms with E-state index in [1.807, 2.05) is 0 Å². The van der Waals surface area contributed by atoms with E-state index in [1.54, 1.807) is 0 Å². The van der Waals surface area contributed by atoms with Crippen LogP contribution in [0, 0.1) is 0 Å². The molecule has 0 fully saturated rings. The van der Waals surface area contributed by atoms with Gasteiger partial charge < -0.3 is 9.80 Å². The fraction of sp³-hybridized carbons (Fsp3) is 0.104. The Morgan fingerprint density at radius 3 is 1.29 bits per heavy atom. The first kappa shape index (κ1) is 39.9. The molecule has 3 aliphatic carbocycles. The highest BCUT2D eigenvalue weighted by Crippen LogP contribution is 2.64. The summed E-state index contributed by atoms with van der Waals surface area (Å²) in [6.07, 6.45) is 0. The Hall–Kier alpha value is -8.20. The second kappa shape index (κ2) is 14.4. The smallest absolute Gasteiger partial charge is 0.0754 e. The molecule has 0 atom stereocenters. The summed E-state index contributed by atoms with van der Waals surface area (Å²) in [5, 5.41) is 0. The third-order valence-corrected chi connectivity index (χ3v) is 16.3. The summed E-state index contributed by atoms with van der Waals surface area (Å²) < 4.78 is 0. The molecule has 1 spiro atoms. The van der Waals surface area contributed by atoms with Crippen LogP contribution < -0.4 is 9.80 Å². The van der Waals surface area contributed by atoms with Gasteiger partial charge in [0.15, 0.2) is 0 Å². The Morgan fingerprint density at radius 2 is 0.725 bits per heavy atom. The van der Waals surface area contributed by atoms with Gasteiger partial charge in [-0.3, -0.25) is 0 Å². The van der Waals surface area contributed by atoms with Gasteiger partial charge in [0.1, 0.15) is 0 Å². The van der Waals surface area contributed by atoms with Gasteiger partial charge in [-0.15, -0.1) is 0 Å². The number of rotatable bonds is 5. The van der Waals surface area contributed by atoms with E-state index >= 15 is 0 Å². The molecule has 1 aliphatic heterocycles. The van der Waals surface area contributed by atoms with Crippen LogP contribution >= 0.6 is 0 Å². The minimum atomic E-state index is -0.516. The lowest BCUT2D eigenvalue weighted by Crippen LogP contribution is -2.36. The van der Waals surface area contributed by atoms with Crippen LogP contribution in [0.25, 0.3) is 44.5 Å². The molecule has 328 valence electrons. The van der Waals surface area contributed by atoms with Crippen molar-refractivity contribution in [2.75, 3.05) is 9.80 Å². The largest absolute Gasteiger partial charge is 0.310 e. The maximum Gasteiger partial charge on any atom is 0.0754 e. The Kier molecular flexibility index (Phi) is 8.33. The number of hydrogen-bond donors (Lipinski definition) is 0. The van der Waals surface area contributed by atoms with Gasteiger partial charge in [-0.05, 0) is 144 Å². The standard InChI is InChI=1S/C67H50N2/c1-65(2)54-26-12-8-23-48(54)51-37-35-45(41-60(51)65)68(46-36-38-52-49-24-9-13-27-55(49)66(3,4)61(52)42-46)62-31-17-11-22-47(62)43-34-39-57-53(40-43)50-25-10-14-28-56(50)67(57)58-29-15-18-32-63(58)69(44-20-6-5-7-21-44)64-33-19-16-30-59(64)67/h5-42H,1-4H3. The van der Waals surface area contributed by atoms with Gasteiger partial charge in [-0.2, -0.15) is 0 Å². The van der Waals surface area contributed by atoms with E-state index in [2.05, 4.69) is 268 Å². The van der Waals surface area contributed by atoms with Crippen molar-refractivity contribution in [3.05, 3.63) is 275 Å². The predicted molar refractivity (Wildman–Crippen MR) is 287 cm³/mol. The van der Waals surface area contributed by atoms with E-state index in [4.69, 9.17) is 0 Å². The van der Waals surface area contributed by atoms with E-state index < -0.39 is 5.41 Å². The van der Waals surface area contributed by atoms with Crippen molar-refractivity contribution in [3.63, 3.8) is 0 Å². The highest BCUT2D eigenvalue weighted by Gasteiger charge is 2.51. The molecule has 0 N–H and O–H groups in total. The minimum Gasteiger partial charge on any atom is -0.310 e. The minimum absolute atomic E-state index is 0.146. The molecule has 1 heterocycles. The molecular weight excluding hydrogens is 833 g/mol. The van der Waals surface area contributed by atoms with Crippen LogP contribution in [-0.4, -0.2) is 0 Å². The molecule has 0 radical (unpaired) electrons. The van der Waals surface area contributed by atoms with Crippen molar-refractivity contribution >= 4 is 34.1 Å². The average molecular weight is 883 g/mol. The number of fused-ring (bicyclic) bond motifs is 15. The molecule has 2 nitrogen and oxygen atoms in total. The molecule has 0 bridgehead atoms. The average Bonchev–Trinajstić information content (AvgIpc) is 3.91. The van der Waals surface area contributed by atoms with Gasteiger partial charge in [0, 0.05) is 33.5 Å². The molecule has 14 rings (SSSR count). The SMILES string of the molecule is CC1(C)c2ccccc2-c2ccc(N(c3ccc4c(c3)C(C)(C)c3ccccc3-4)c3ccccc3-c3ccc4c(c3)-c3ccccc3C43c4ccccc4N(c4ccccc4)c4ccccc43)cc21. The highest BCUT2D eigenvalue weighted by molar-refractivity contribution is 5.99. The molecular formula is C67H50N2. The summed E-state index contributed by atoms with van der Waals surface area (Å²) in [4.78, 5) is 4.98. The van der Waals surface area contributed by atoms with Gasteiger partial charge >= 0.3 is 0 Å². The molecule has 0 saturated heterocycles. The van der Waals surface area contributed by atoms with Crippen molar-refractivity contribution in [2.45, 2.75) is 43.9 Å². The maximum absolute atomic E-state index is 2.53. The van der Waals surface area contributed by atoms with Crippen molar-refractivity contribution in [3.8, 4) is 44.5 Å². The zero-order valence-corrected chi connectivity index (χ0v) is 39.3. The fourth-order valence-corrected chi connectivity index (χ4v) is 13.1. The summed E-state index contributed by atoms with van der Waals surface area (Å²) in [5.74, 6) is 0. The van der Waals surface area contributed by atoms with Gasteiger partial charge in [0.25, 0.3) is 0 Å². The molecule has 10 aromatic carbocycles. The summed E-state index contributed by atoms with van der Waals surface area (Å²) >= 11 is 0. The zero-order chi connectivity index (χ0) is 46.2. The Balaban J connectivity index is 0.979. The Morgan fingerprint density at radius 1 is 0.304 bits per heavy atom. The molecule has 0 unspecified atom stereocenters. The van der Waals surface area contributed by atoms with Gasteiger partial charge in [-0.25, -0.2) is 0 Å². The van der Waals surface area contributed by atoms with Gasteiger partial charge in [-0.1, -0.05) is 198 Å². The van der Waals surface area contributed by atoms with Crippen LogP contribution in [0.15, 0.2) is 231 Å². The summed E-state index contributed by atoms with van der Waals surface area (Å²) in [6.45, 7) is 9.53. The zero-order valence-electron chi connectivity index (χ0n) is 39.3. The lowest BCUT2D eigenvalue weighted by Gasteiger charge is -2.45. The Labute approximate surface area is 405 Å². The third kappa shape index (κ3) is 5.37. The molecule has 69 heavy (non-hydrogen) atoms. The third-order valence-electron chi connectivity index (χ3n) is 16.3. The normalized spacial score (nSPS) is 15.3. The van der Waals surface area contributed by atoms with Crippen molar-refractivity contribution < 1.29 is 0 Å². The number of anilines is 6. The van der Waals surface area contributed by atoms with Crippen LogP contribution in [0.1, 0.15) is 72.2 Å². The maximum atomic E-state index is 2.53. The summed E-state index contributed by atoms with van der Waals surface area (Å²) in [5.41, 5.74) is 27.1. The van der Waals surface area contributed by atoms with Crippen LogP contribution in [0.2, 0.25) is 0 Å². The topological polar surface area (TPSA) is 6.48 Å². The van der Waals surface area contributed by atoms with E-state index in [-0.39, 0.29) is 10.8 Å². The molecule has 0 amide bonds.